The fraction of sp³-hybridized carbons (Fsp3) is 0.176. The number of rotatable bonds is 5. The van der Waals surface area contributed by atoms with E-state index in [4.69, 9.17) is 0 Å². The van der Waals surface area contributed by atoms with E-state index >= 15 is 0 Å². The zero-order valence-electron chi connectivity index (χ0n) is 32.0. The molecule has 1 nitrogen and oxygen atoms in total. The van der Waals surface area contributed by atoms with Crippen molar-refractivity contribution in [1.82, 2.24) is 4.57 Å². The van der Waals surface area contributed by atoms with Crippen LogP contribution in [0.5, 0.6) is 0 Å². The number of hydrogen-bond donors (Lipinski definition) is 0. The SMILES string of the molecule is CC=Cc1c(C)c(C)c(C=Cc2cc3ccc(-c4c5ccc(C)cc5c(-c5ccc6cc(C)cc(C)c6c5)c5ccc(C)cc45)cc3cc2C)n1C. The average molecular weight is 674 g/mol. The molecule has 8 rings (SSSR count). The third-order valence-electron chi connectivity index (χ3n) is 11.3. The molecule has 0 amide bonds. The first-order valence-corrected chi connectivity index (χ1v) is 18.5. The maximum Gasteiger partial charge on any atom is 0.0441 e. The molecule has 0 fully saturated rings. The summed E-state index contributed by atoms with van der Waals surface area (Å²) in [6.45, 7) is 17.6. The average Bonchev–Trinajstić information content (AvgIpc) is 3.31. The number of aryl methyl sites for hydroxylation is 5. The molecule has 8 aromatic rings. The Bertz CT molecular complexity index is 2820. The number of aromatic nitrogens is 1. The van der Waals surface area contributed by atoms with Gasteiger partial charge in [0, 0.05) is 18.4 Å². The fourth-order valence-corrected chi connectivity index (χ4v) is 8.54. The van der Waals surface area contributed by atoms with Crippen molar-refractivity contribution in [2.45, 2.75) is 55.4 Å². The first-order valence-electron chi connectivity index (χ1n) is 18.5. The minimum atomic E-state index is 1.25. The maximum atomic E-state index is 2.41. The standard InChI is InChI=1S/C51H47N/c1-10-11-48-35(7)36(8)49(52(48)9)21-18-37-27-38-14-16-40(28-42(38)26-33(37)5)50-43-19-12-31(3)25-47(43)51(44-20-13-30(2)24-46(44)50)41-17-15-39-23-32(4)22-34(6)45(39)29-41/h10-29H,1-9H3. The Morgan fingerprint density at radius 1 is 0.423 bits per heavy atom. The number of fused-ring (bicyclic) bond motifs is 4. The molecule has 0 bridgehead atoms. The van der Waals surface area contributed by atoms with Crippen molar-refractivity contribution in [3.63, 3.8) is 0 Å². The summed E-state index contributed by atoms with van der Waals surface area (Å²) in [4.78, 5) is 0. The molecule has 0 unspecified atom stereocenters. The molecule has 1 heterocycles. The number of benzene rings is 7. The smallest absolute Gasteiger partial charge is 0.0441 e. The van der Waals surface area contributed by atoms with Gasteiger partial charge in [0.2, 0.25) is 0 Å². The summed E-state index contributed by atoms with van der Waals surface area (Å²) in [5, 5.41) is 10.3. The first kappa shape index (κ1) is 33.5. The number of allylic oxidation sites excluding steroid dienone is 1. The van der Waals surface area contributed by atoms with Crippen LogP contribution in [0.2, 0.25) is 0 Å². The van der Waals surface area contributed by atoms with Crippen LogP contribution in [0.4, 0.5) is 0 Å². The second-order valence-electron chi connectivity index (χ2n) is 15.0. The van der Waals surface area contributed by atoms with Gasteiger partial charge in [0.15, 0.2) is 0 Å². The highest BCUT2D eigenvalue weighted by atomic mass is 15.0. The molecular formula is C51H47N. The molecule has 0 aliphatic carbocycles. The maximum absolute atomic E-state index is 2.41. The predicted octanol–water partition coefficient (Wildman–Crippen LogP) is 14.3. The van der Waals surface area contributed by atoms with Gasteiger partial charge in [-0.2, -0.15) is 0 Å². The van der Waals surface area contributed by atoms with E-state index in [-0.39, 0.29) is 0 Å². The summed E-state index contributed by atoms with van der Waals surface area (Å²) in [6.07, 6.45) is 8.88. The molecule has 0 saturated carbocycles. The summed E-state index contributed by atoms with van der Waals surface area (Å²) >= 11 is 0. The molecule has 1 aromatic heterocycles. The van der Waals surface area contributed by atoms with Crippen LogP contribution in [0.3, 0.4) is 0 Å². The van der Waals surface area contributed by atoms with Gasteiger partial charge in [-0.15, -0.1) is 0 Å². The second kappa shape index (κ2) is 12.8. The van der Waals surface area contributed by atoms with Crippen molar-refractivity contribution in [3.05, 3.63) is 159 Å². The third-order valence-corrected chi connectivity index (χ3v) is 11.3. The summed E-state index contributed by atoms with van der Waals surface area (Å²) in [7, 11) is 2.16. The van der Waals surface area contributed by atoms with Crippen LogP contribution < -0.4 is 0 Å². The van der Waals surface area contributed by atoms with Crippen LogP contribution in [-0.4, -0.2) is 4.57 Å². The van der Waals surface area contributed by atoms with Gasteiger partial charge < -0.3 is 4.57 Å². The van der Waals surface area contributed by atoms with E-state index < -0.39 is 0 Å². The van der Waals surface area contributed by atoms with Gasteiger partial charge >= 0.3 is 0 Å². The van der Waals surface area contributed by atoms with Gasteiger partial charge in [-0.3, -0.25) is 0 Å². The van der Waals surface area contributed by atoms with Gasteiger partial charge in [-0.1, -0.05) is 108 Å². The summed E-state index contributed by atoms with van der Waals surface area (Å²) in [5.74, 6) is 0. The van der Waals surface area contributed by atoms with Crippen molar-refractivity contribution in [2.24, 2.45) is 7.05 Å². The van der Waals surface area contributed by atoms with Crippen LogP contribution >= 0.6 is 0 Å². The quantitative estimate of drug-likeness (QED) is 0.160. The predicted molar refractivity (Wildman–Crippen MR) is 230 cm³/mol. The molecule has 0 aliphatic heterocycles. The van der Waals surface area contributed by atoms with Crippen LogP contribution in [0.1, 0.15) is 62.8 Å². The van der Waals surface area contributed by atoms with Gasteiger partial charge in [-0.05, 0) is 179 Å². The number of nitrogens with zero attached hydrogens (tertiary/aromatic N) is 1. The summed E-state index contributed by atoms with van der Waals surface area (Å²) in [5.41, 5.74) is 18.0. The van der Waals surface area contributed by atoms with Gasteiger partial charge in [0.1, 0.15) is 0 Å². The number of hydrogen-bond acceptors (Lipinski definition) is 0. The van der Waals surface area contributed by atoms with E-state index in [1.54, 1.807) is 0 Å². The highest BCUT2D eigenvalue weighted by Crippen LogP contribution is 2.45. The minimum Gasteiger partial charge on any atom is -0.344 e. The summed E-state index contributed by atoms with van der Waals surface area (Å²) in [6, 6.07) is 37.4. The van der Waals surface area contributed by atoms with E-state index in [0.717, 1.165) is 0 Å². The molecule has 256 valence electrons. The second-order valence-corrected chi connectivity index (χ2v) is 15.0. The highest BCUT2D eigenvalue weighted by molar-refractivity contribution is 6.22. The first-order chi connectivity index (χ1) is 25.0. The Morgan fingerprint density at radius 2 is 1.02 bits per heavy atom. The molecule has 0 saturated heterocycles. The normalized spacial score (nSPS) is 12.2. The topological polar surface area (TPSA) is 4.93 Å². The Kier molecular flexibility index (Phi) is 8.26. The molecule has 0 spiro atoms. The third kappa shape index (κ3) is 5.56. The molecule has 0 aliphatic rings. The molecule has 0 N–H and O–H groups in total. The van der Waals surface area contributed by atoms with Crippen molar-refractivity contribution >= 4 is 61.3 Å². The van der Waals surface area contributed by atoms with Crippen molar-refractivity contribution < 1.29 is 0 Å². The molecule has 0 radical (unpaired) electrons. The zero-order chi connectivity index (χ0) is 36.4. The van der Waals surface area contributed by atoms with E-state index in [1.807, 2.05) is 0 Å². The molecule has 7 aromatic carbocycles. The van der Waals surface area contributed by atoms with Crippen LogP contribution in [0.15, 0.2) is 103 Å². The lowest BCUT2D eigenvalue weighted by molar-refractivity contribution is 0.897. The molecule has 52 heavy (non-hydrogen) atoms. The molecule has 0 atom stereocenters. The zero-order valence-corrected chi connectivity index (χ0v) is 32.0. The van der Waals surface area contributed by atoms with Crippen molar-refractivity contribution in [1.29, 1.82) is 0 Å². The van der Waals surface area contributed by atoms with Gasteiger partial charge in [0.05, 0.1) is 0 Å². The Balaban J connectivity index is 1.30. The fourth-order valence-electron chi connectivity index (χ4n) is 8.54. The lowest BCUT2D eigenvalue weighted by atomic mass is 9.84. The minimum absolute atomic E-state index is 1.25. The highest BCUT2D eigenvalue weighted by Gasteiger charge is 2.19. The van der Waals surface area contributed by atoms with Crippen LogP contribution in [0.25, 0.3) is 83.6 Å². The van der Waals surface area contributed by atoms with Gasteiger partial charge in [-0.25, -0.2) is 0 Å². The molecular weight excluding hydrogens is 627 g/mol. The van der Waals surface area contributed by atoms with Gasteiger partial charge in [0.25, 0.3) is 0 Å². The van der Waals surface area contributed by atoms with Crippen molar-refractivity contribution in [3.8, 4) is 22.3 Å². The Morgan fingerprint density at radius 3 is 1.65 bits per heavy atom. The lowest BCUT2D eigenvalue weighted by Gasteiger charge is -2.20. The van der Waals surface area contributed by atoms with E-state index in [9.17, 15) is 0 Å². The molecule has 1 heteroatoms. The Labute approximate surface area is 308 Å². The Hall–Kier alpha value is -5.66. The van der Waals surface area contributed by atoms with E-state index in [0.29, 0.717) is 0 Å². The van der Waals surface area contributed by atoms with Crippen LogP contribution in [0, 0.1) is 48.5 Å². The van der Waals surface area contributed by atoms with E-state index in [1.165, 1.54) is 121 Å². The lowest BCUT2D eigenvalue weighted by Crippen LogP contribution is -1.94. The summed E-state index contributed by atoms with van der Waals surface area (Å²) < 4.78 is 2.30. The van der Waals surface area contributed by atoms with Crippen LogP contribution in [-0.2, 0) is 7.05 Å². The van der Waals surface area contributed by atoms with Crippen molar-refractivity contribution in [2.75, 3.05) is 0 Å². The monoisotopic (exact) mass is 673 g/mol. The van der Waals surface area contributed by atoms with E-state index in [2.05, 4.69) is 188 Å². The largest absolute Gasteiger partial charge is 0.344 e.